The van der Waals surface area contributed by atoms with Crippen molar-refractivity contribution < 1.29 is 9.18 Å². The van der Waals surface area contributed by atoms with E-state index in [2.05, 4.69) is 26.2 Å². The van der Waals surface area contributed by atoms with Gasteiger partial charge in [0, 0.05) is 16.4 Å². The second-order valence-corrected chi connectivity index (χ2v) is 4.46. The molecule has 1 heterocycles. The Labute approximate surface area is 111 Å². The van der Waals surface area contributed by atoms with Crippen LogP contribution in [-0.4, -0.2) is 10.9 Å². The Balaban J connectivity index is 2.21. The number of anilines is 2. The number of benzene rings is 1. The van der Waals surface area contributed by atoms with Crippen molar-refractivity contribution in [3.8, 4) is 0 Å². The standard InChI is InChI=1S/C12H9BrFN3O/c13-7-1-4-11(16-6-7)17-12(18)9-5-8(14)2-3-10(9)15/h1-6H,15H2,(H,16,17,18). The van der Waals surface area contributed by atoms with Crippen LogP contribution in [-0.2, 0) is 0 Å². The summed E-state index contributed by atoms with van der Waals surface area (Å²) in [6.45, 7) is 0. The van der Waals surface area contributed by atoms with Crippen LogP contribution >= 0.6 is 15.9 Å². The summed E-state index contributed by atoms with van der Waals surface area (Å²) < 4.78 is 13.8. The number of halogens is 2. The van der Waals surface area contributed by atoms with Crippen LogP contribution in [0.15, 0.2) is 41.0 Å². The van der Waals surface area contributed by atoms with Gasteiger partial charge in [-0.15, -0.1) is 0 Å². The summed E-state index contributed by atoms with van der Waals surface area (Å²) in [5.41, 5.74) is 5.91. The maximum atomic E-state index is 13.0. The van der Waals surface area contributed by atoms with Gasteiger partial charge in [0.05, 0.1) is 5.56 Å². The molecule has 18 heavy (non-hydrogen) atoms. The predicted molar refractivity (Wildman–Crippen MR) is 70.7 cm³/mol. The lowest BCUT2D eigenvalue weighted by molar-refractivity contribution is 0.102. The van der Waals surface area contributed by atoms with E-state index >= 15 is 0 Å². The molecule has 1 amide bonds. The van der Waals surface area contributed by atoms with Gasteiger partial charge in [0.2, 0.25) is 0 Å². The van der Waals surface area contributed by atoms with Gasteiger partial charge in [-0.1, -0.05) is 0 Å². The number of pyridine rings is 1. The van der Waals surface area contributed by atoms with Crippen molar-refractivity contribution in [2.75, 3.05) is 11.1 Å². The van der Waals surface area contributed by atoms with Gasteiger partial charge in [0.25, 0.3) is 5.91 Å². The summed E-state index contributed by atoms with van der Waals surface area (Å²) in [6, 6.07) is 6.99. The number of nitrogens with two attached hydrogens (primary N) is 1. The largest absolute Gasteiger partial charge is 0.398 e. The number of rotatable bonds is 2. The molecule has 3 N–H and O–H groups in total. The van der Waals surface area contributed by atoms with Crippen molar-refractivity contribution in [1.29, 1.82) is 0 Å². The highest BCUT2D eigenvalue weighted by molar-refractivity contribution is 9.10. The van der Waals surface area contributed by atoms with E-state index in [0.717, 1.165) is 10.5 Å². The third-order valence-corrected chi connectivity index (χ3v) is 2.70. The Morgan fingerprint density at radius 3 is 2.78 bits per heavy atom. The Hall–Kier alpha value is -1.95. The quantitative estimate of drug-likeness (QED) is 0.838. The summed E-state index contributed by atoms with van der Waals surface area (Å²) in [5.74, 6) is -0.646. The van der Waals surface area contributed by atoms with Crippen molar-refractivity contribution >= 4 is 33.3 Å². The molecule has 92 valence electrons. The molecule has 6 heteroatoms. The number of nitrogens with zero attached hydrogens (tertiary/aromatic N) is 1. The second-order valence-electron chi connectivity index (χ2n) is 3.55. The van der Waals surface area contributed by atoms with E-state index in [4.69, 9.17) is 5.73 Å². The van der Waals surface area contributed by atoms with Crippen molar-refractivity contribution in [2.24, 2.45) is 0 Å². The van der Waals surface area contributed by atoms with Crippen molar-refractivity contribution in [2.45, 2.75) is 0 Å². The van der Waals surface area contributed by atoms with E-state index in [0.29, 0.717) is 5.82 Å². The molecular weight excluding hydrogens is 301 g/mol. The molecular formula is C12H9BrFN3O. The molecule has 0 saturated heterocycles. The fraction of sp³-hybridized carbons (Fsp3) is 0. The average Bonchev–Trinajstić information content (AvgIpc) is 2.35. The molecule has 0 radical (unpaired) electrons. The van der Waals surface area contributed by atoms with Crippen LogP contribution in [0.5, 0.6) is 0 Å². The van der Waals surface area contributed by atoms with Gasteiger partial charge in [0.1, 0.15) is 11.6 Å². The number of nitrogens with one attached hydrogen (secondary N) is 1. The first kappa shape index (κ1) is 12.5. The molecule has 0 fully saturated rings. The Bertz CT molecular complexity index is 586. The van der Waals surface area contributed by atoms with Crippen LogP contribution in [0.3, 0.4) is 0 Å². The van der Waals surface area contributed by atoms with Crippen LogP contribution in [0.1, 0.15) is 10.4 Å². The summed E-state index contributed by atoms with van der Waals surface area (Å²) in [4.78, 5) is 15.8. The monoisotopic (exact) mass is 309 g/mol. The van der Waals surface area contributed by atoms with E-state index in [9.17, 15) is 9.18 Å². The lowest BCUT2D eigenvalue weighted by Crippen LogP contribution is -2.15. The third kappa shape index (κ3) is 2.84. The van der Waals surface area contributed by atoms with Crippen LogP contribution in [0, 0.1) is 5.82 Å². The Kier molecular flexibility index (Phi) is 3.57. The lowest BCUT2D eigenvalue weighted by Gasteiger charge is -2.06. The first-order valence-corrected chi connectivity index (χ1v) is 5.83. The van der Waals surface area contributed by atoms with E-state index in [1.165, 1.54) is 12.1 Å². The van der Waals surface area contributed by atoms with Gasteiger partial charge in [-0.25, -0.2) is 9.37 Å². The topological polar surface area (TPSA) is 68.0 Å². The number of nitrogen functional groups attached to an aromatic ring is 1. The van der Waals surface area contributed by atoms with E-state index < -0.39 is 11.7 Å². The molecule has 0 spiro atoms. The smallest absolute Gasteiger partial charge is 0.259 e. The molecule has 0 saturated carbocycles. The van der Waals surface area contributed by atoms with E-state index in [-0.39, 0.29) is 11.3 Å². The minimum absolute atomic E-state index is 0.0831. The van der Waals surface area contributed by atoms with E-state index in [1.54, 1.807) is 18.3 Å². The highest BCUT2D eigenvalue weighted by Gasteiger charge is 2.11. The maximum Gasteiger partial charge on any atom is 0.259 e. The molecule has 0 atom stereocenters. The third-order valence-electron chi connectivity index (χ3n) is 2.23. The fourth-order valence-electron chi connectivity index (χ4n) is 1.36. The van der Waals surface area contributed by atoms with Crippen molar-refractivity contribution in [1.82, 2.24) is 4.98 Å². The highest BCUT2D eigenvalue weighted by atomic mass is 79.9. The summed E-state index contributed by atoms with van der Waals surface area (Å²) >= 11 is 3.23. The SMILES string of the molecule is Nc1ccc(F)cc1C(=O)Nc1ccc(Br)cn1. The number of carbonyl (C=O) groups is 1. The predicted octanol–water partition coefficient (Wildman–Crippen LogP) is 2.82. The fourth-order valence-corrected chi connectivity index (χ4v) is 1.59. The summed E-state index contributed by atoms with van der Waals surface area (Å²) in [6.07, 6.45) is 1.55. The molecule has 2 rings (SSSR count). The second kappa shape index (κ2) is 5.14. The molecule has 1 aromatic heterocycles. The lowest BCUT2D eigenvalue weighted by atomic mass is 10.1. The number of amides is 1. The van der Waals surface area contributed by atoms with Gasteiger partial charge in [-0.3, -0.25) is 4.79 Å². The number of hydrogen-bond donors (Lipinski definition) is 2. The van der Waals surface area contributed by atoms with Gasteiger partial charge in [-0.2, -0.15) is 0 Å². The van der Waals surface area contributed by atoms with E-state index in [1.807, 2.05) is 0 Å². The normalized spacial score (nSPS) is 10.1. The highest BCUT2D eigenvalue weighted by Crippen LogP contribution is 2.16. The molecule has 0 aliphatic rings. The zero-order chi connectivity index (χ0) is 13.1. The van der Waals surface area contributed by atoms with Crippen LogP contribution in [0.2, 0.25) is 0 Å². The zero-order valence-corrected chi connectivity index (χ0v) is 10.7. The van der Waals surface area contributed by atoms with Crippen LogP contribution < -0.4 is 11.1 Å². The maximum absolute atomic E-state index is 13.0. The molecule has 0 aliphatic carbocycles. The zero-order valence-electron chi connectivity index (χ0n) is 9.15. The summed E-state index contributed by atoms with van der Waals surface area (Å²) in [5, 5.41) is 2.54. The molecule has 1 aromatic carbocycles. The molecule has 0 bridgehead atoms. The number of hydrogen-bond acceptors (Lipinski definition) is 3. The number of aromatic nitrogens is 1. The first-order chi connectivity index (χ1) is 8.56. The molecule has 4 nitrogen and oxygen atoms in total. The van der Waals surface area contributed by atoms with Crippen LogP contribution in [0.4, 0.5) is 15.9 Å². The van der Waals surface area contributed by atoms with Gasteiger partial charge < -0.3 is 11.1 Å². The van der Waals surface area contributed by atoms with Gasteiger partial charge in [0.15, 0.2) is 0 Å². The van der Waals surface area contributed by atoms with Crippen molar-refractivity contribution in [3.63, 3.8) is 0 Å². The molecule has 2 aromatic rings. The summed E-state index contributed by atoms with van der Waals surface area (Å²) in [7, 11) is 0. The van der Waals surface area contributed by atoms with Crippen molar-refractivity contribution in [3.05, 3.63) is 52.4 Å². The van der Waals surface area contributed by atoms with Crippen LogP contribution in [0.25, 0.3) is 0 Å². The Morgan fingerprint density at radius 1 is 1.33 bits per heavy atom. The minimum Gasteiger partial charge on any atom is -0.398 e. The average molecular weight is 310 g/mol. The van der Waals surface area contributed by atoms with Gasteiger partial charge in [-0.05, 0) is 46.3 Å². The molecule has 0 unspecified atom stereocenters. The first-order valence-electron chi connectivity index (χ1n) is 5.04. The number of carbonyl (C=O) groups excluding carboxylic acids is 1. The molecule has 0 aliphatic heterocycles. The van der Waals surface area contributed by atoms with Gasteiger partial charge >= 0.3 is 0 Å². The Morgan fingerprint density at radius 2 is 2.11 bits per heavy atom. The minimum atomic E-state index is -0.516.